The Balaban J connectivity index is 2.00. The Kier molecular flexibility index (Phi) is 7.66. The van der Waals surface area contributed by atoms with Crippen LogP contribution in [0.15, 0.2) is 30.3 Å². The lowest BCUT2D eigenvalue weighted by Crippen LogP contribution is -2.21. The molecule has 6 heteroatoms. The molecule has 0 fully saturated rings. The van der Waals surface area contributed by atoms with Crippen LogP contribution in [0.5, 0.6) is 0 Å². The highest BCUT2D eigenvalue weighted by Gasteiger charge is 2.05. The van der Waals surface area contributed by atoms with Crippen LogP contribution in [0.2, 0.25) is 0 Å². The van der Waals surface area contributed by atoms with Crippen molar-refractivity contribution in [1.82, 2.24) is 14.9 Å². The molecule has 0 saturated heterocycles. The fraction of sp³-hybridized carbons (Fsp3) is 0.500. The smallest absolute Gasteiger partial charge is 0.224 e. The summed E-state index contributed by atoms with van der Waals surface area (Å²) in [5.74, 6) is 1.48. The van der Waals surface area contributed by atoms with Crippen LogP contribution >= 0.6 is 0 Å². The monoisotopic (exact) mass is 356 g/mol. The van der Waals surface area contributed by atoms with Gasteiger partial charge in [0.1, 0.15) is 5.82 Å². The molecule has 0 unspecified atom stereocenters. The van der Waals surface area contributed by atoms with E-state index in [4.69, 9.17) is 0 Å². The maximum atomic E-state index is 4.58. The number of nitrogens with zero attached hydrogens (tertiary/aromatic N) is 4. The van der Waals surface area contributed by atoms with Gasteiger partial charge in [0.25, 0.3) is 0 Å². The molecule has 2 rings (SSSR count). The number of hydrogen-bond acceptors (Lipinski definition) is 6. The Labute approximate surface area is 157 Å². The molecule has 0 saturated carbocycles. The van der Waals surface area contributed by atoms with E-state index in [9.17, 15) is 0 Å². The van der Waals surface area contributed by atoms with Crippen molar-refractivity contribution < 1.29 is 0 Å². The zero-order chi connectivity index (χ0) is 18.9. The summed E-state index contributed by atoms with van der Waals surface area (Å²) < 4.78 is 0. The molecule has 2 aromatic rings. The van der Waals surface area contributed by atoms with Crippen molar-refractivity contribution in [2.45, 2.75) is 27.2 Å². The Morgan fingerprint density at radius 1 is 1.00 bits per heavy atom. The molecule has 1 aromatic heterocycles. The van der Waals surface area contributed by atoms with Gasteiger partial charge >= 0.3 is 0 Å². The standard InChI is InChI=1S/C20H32N6/c1-6-26(7-2)18-11-9-17(10-12-18)23-19-15-16(3)22-20(24-19)21-13-8-14-25(4)5/h9-12,15H,6-8,13-14H2,1-5H3,(H2,21,22,23,24). The van der Waals surface area contributed by atoms with Crippen molar-refractivity contribution >= 4 is 23.1 Å². The fourth-order valence-electron chi connectivity index (χ4n) is 2.80. The van der Waals surface area contributed by atoms with E-state index in [1.165, 1.54) is 5.69 Å². The Morgan fingerprint density at radius 2 is 1.69 bits per heavy atom. The molecule has 0 aliphatic heterocycles. The van der Waals surface area contributed by atoms with Gasteiger partial charge in [-0.1, -0.05) is 0 Å². The predicted molar refractivity (Wildman–Crippen MR) is 112 cm³/mol. The van der Waals surface area contributed by atoms with Gasteiger partial charge in [0, 0.05) is 42.8 Å². The average molecular weight is 357 g/mol. The summed E-state index contributed by atoms with van der Waals surface area (Å²) in [6, 6.07) is 10.4. The number of rotatable bonds is 10. The van der Waals surface area contributed by atoms with Gasteiger partial charge < -0.3 is 20.4 Å². The van der Waals surface area contributed by atoms with Gasteiger partial charge in [-0.05, 0) is 72.1 Å². The number of aryl methyl sites for hydroxylation is 1. The van der Waals surface area contributed by atoms with Crippen LogP contribution in [0.25, 0.3) is 0 Å². The highest BCUT2D eigenvalue weighted by Crippen LogP contribution is 2.21. The molecular formula is C20H32N6. The van der Waals surface area contributed by atoms with Gasteiger partial charge in [-0.25, -0.2) is 4.98 Å². The SMILES string of the molecule is CCN(CC)c1ccc(Nc2cc(C)nc(NCCCN(C)C)n2)cc1. The number of hydrogen-bond donors (Lipinski definition) is 2. The molecule has 0 spiro atoms. The lowest BCUT2D eigenvalue weighted by Gasteiger charge is -2.21. The van der Waals surface area contributed by atoms with Crippen molar-refractivity contribution in [3.05, 3.63) is 36.0 Å². The largest absolute Gasteiger partial charge is 0.372 e. The van der Waals surface area contributed by atoms with Crippen LogP contribution in [0.4, 0.5) is 23.1 Å². The molecule has 0 radical (unpaired) electrons. The van der Waals surface area contributed by atoms with Crippen molar-refractivity contribution in [3.8, 4) is 0 Å². The molecule has 2 N–H and O–H groups in total. The molecule has 0 aliphatic rings. The minimum atomic E-state index is 0.672. The molecule has 0 aliphatic carbocycles. The number of nitrogens with one attached hydrogen (secondary N) is 2. The zero-order valence-electron chi connectivity index (χ0n) is 16.7. The summed E-state index contributed by atoms with van der Waals surface area (Å²) in [5.41, 5.74) is 3.21. The minimum Gasteiger partial charge on any atom is -0.372 e. The van der Waals surface area contributed by atoms with Crippen molar-refractivity contribution in [1.29, 1.82) is 0 Å². The van der Waals surface area contributed by atoms with E-state index in [0.717, 1.165) is 49.8 Å². The lowest BCUT2D eigenvalue weighted by atomic mass is 10.2. The van der Waals surface area contributed by atoms with Crippen LogP contribution in [-0.4, -0.2) is 55.1 Å². The van der Waals surface area contributed by atoms with E-state index < -0.39 is 0 Å². The van der Waals surface area contributed by atoms with Gasteiger partial charge in [0.2, 0.25) is 5.95 Å². The molecule has 1 heterocycles. The van der Waals surface area contributed by atoms with Crippen LogP contribution in [-0.2, 0) is 0 Å². The lowest BCUT2D eigenvalue weighted by molar-refractivity contribution is 0.405. The van der Waals surface area contributed by atoms with Gasteiger partial charge in [0.15, 0.2) is 0 Å². The first-order chi connectivity index (χ1) is 12.5. The maximum Gasteiger partial charge on any atom is 0.224 e. The quantitative estimate of drug-likeness (QED) is 0.633. The van der Waals surface area contributed by atoms with E-state index in [1.54, 1.807) is 0 Å². The third-order valence-corrected chi connectivity index (χ3v) is 4.19. The molecule has 26 heavy (non-hydrogen) atoms. The van der Waals surface area contributed by atoms with E-state index in [2.05, 4.69) is 82.6 Å². The molecule has 1 aromatic carbocycles. The van der Waals surface area contributed by atoms with Crippen LogP contribution in [0.3, 0.4) is 0 Å². The van der Waals surface area contributed by atoms with Gasteiger partial charge in [-0.2, -0.15) is 4.98 Å². The van der Waals surface area contributed by atoms with E-state index >= 15 is 0 Å². The predicted octanol–water partition coefficient (Wildman–Crippen LogP) is 3.74. The number of aromatic nitrogens is 2. The molecule has 0 bridgehead atoms. The maximum absolute atomic E-state index is 4.58. The zero-order valence-corrected chi connectivity index (χ0v) is 16.7. The van der Waals surface area contributed by atoms with Gasteiger partial charge in [-0.3, -0.25) is 0 Å². The number of anilines is 4. The summed E-state index contributed by atoms with van der Waals surface area (Å²) >= 11 is 0. The highest BCUT2D eigenvalue weighted by molar-refractivity contribution is 5.61. The molecule has 142 valence electrons. The molecular weight excluding hydrogens is 324 g/mol. The van der Waals surface area contributed by atoms with Gasteiger partial charge in [0.05, 0.1) is 0 Å². The van der Waals surface area contributed by atoms with E-state index in [1.807, 2.05) is 13.0 Å². The summed E-state index contributed by atoms with van der Waals surface area (Å²) in [5, 5.41) is 6.69. The van der Waals surface area contributed by atoms with Crippen LogP contribution in [0, 0.1) is 6.92 Å². The van der Waals surface area contributed by atoms with Crippen molar-refractivity contribution in [2.24, 2.45) is 0 Å². The third-order valence-electron chi connectivity index (χ3n) is 4.19. The summed E-state index contributed by atoms with van der Waals surface area (Å²) in [6.45, 7) is 10.3. The summed E-state index contributed by atoms with van der Waals surface area (Å²) in [6.07, 6.45) is 1.06. The first-order valence-corrected chi connectivity index (χ1v) is 9.38. The summed E-state index contributed by atoms with van der Waals surface area (Å²) in [4.78, 5) is 13.5. The third kappa shape index (κ3) is 6.19. The topological polar surface area (TPSA) is 56.3 Å². The molecule has 0 amide bonds. The normalized spacial score (nSPS) is 10.8. The molecule has 0 atom stereocenters. The average Bonchev–Trinajstić information content (AvgIpc) is 2.61. The minimum absolute atomic E-state index is 0.672. The van der Waals surface area contributed by atoms with E-state index in [-0.39, 0.29) is 0 Å². The molecule has 6 nitrogen and oxygen atoms in total. The van der Waals surface area contributed by atoms with E-state index in [0.29, 0.717) is 5.95 Å². The van der Waals surface area contributed by atoms with Crippen LogP contribution in [0.1, 0.15) is 26.0 Å². The first-order valence-electron chi connectivity index (χ1n) is 9.38. The Hall–Kier alpha value is -2.34. The fourth-order valence-corrected chi connectivity index (χ4v) is 2.80. The second kappa shape index (κ2) is 9.97. The summed E-state index contributed by atoms with van der Waals surface area (Å²) in [7, 11) is 4.16. The Morgan fingerprint density at radius 3 is 2.31 bits per heavy atom. The number of benzene rings is 1. The Bertz CT molecular complexity index is 665. The van der Waals surface area contributed by atoms with Crippen LogP contribution < -0.4 is 15.5 Å². The van der Waals surface area contributed by atoms with Crippen molar-refractivity contribution in [3.63, 3.8) is 0 Å². The first kappa shape index (κ1) is 20.0. The second-order valence-electron chi connectivity index (χ2n) is 6.65. The van der Waals surface area contributed by atoms with Gasteiger partial charge in [-0.15, -0.1) is 0 Å². The highest BCUT2D eigenvalue weighted by atomic mass is 15.1. The second-order valence-corrected chi connectivity index (χ2v) is 6.65. The van der Waals surface area contributed by atoms with Crippen molar-refractivity contribution in [2.75, 3.05) is 55.8 Å².